The van der Waals surface area contributed by atoms with Crippen molar-refractivity contribution < 1.29 is 4.79 Å². The molecule has 1 aromatic heterocycles. The molecule has 0 saturated carbocycles. The van der Waals surface area contributed by atoms with E-state index < -0.39 is 0 Å². The minimum atomic E-state index is 0.0508. The van der Waals surface area contributed by atoms with Crippen LogP contribution in [-0.2, 0) is 6.54 Å². The Morgan fingerprint density at radius 2 is 2.14 bits per heavy atom. The third-order valence-electron chi connectivity index (χ3n) is 3.82. The molecule has 2 heterocycles. The summed E-state index contributed by atoms with van der Waals surface area (Å²) in [6, 6.07) is 10.3. The minimum absolute atomic E-state index is 0.0508. The van der Waals surface area contributed by atoms with E-state index in [0.717, 1.165) is 25.2 Å². The number of rotatable bonds is 4. The number of amides is 1. The van der Waals surface area contributed by atoms with Crippen LogP contribution in [0, 0.1) is 0 Å². The van der Waals surface area contributed by atoms with Crippen LogP contribution in [0.1, 0.15) is 22.0 Å². The summed E-state index contributed by atoms with van der Waals surface area (Å²) in [7, 11) is 3.55. The van der Waals surface area contributed by atoms with Gasteiger partial charge in [-0.2, -0.15) is 5.10 Å². The van der Waals surface area contributed by atoms with E-state index in [1.165, 1.54) is 5.56 Å². The van der Waals surface area contributed by atoms with Crippen molar-refractivity contribution in [1.29, 1.82) is 0 Å². The van der Waals surface area contributed by atoms with E-state index in [9.17, 15) is 4.79 Å². The molecule has 0 N–H and O–H groups in total. The van der Waals surface area contributed by atoms with Crippen LogP contribution in [0.25, 0.3) is 0 Å². The predicted molar refractivity (Wildman–Crippen MR) is 81.0 cm³/mol. The number of benzene rings is 1. The summed E-state index contributed by atoms with van der Waals surface area (Å²) in [5.41, 5.74) is 1.93. The monoisotopic (exact) mass is 284 g/mol. The number of aromatic nitrogens is 2. The molecule has 0 atom stereocenters. The van der Waals surface area contributed by atoms with Crippen molar-refractivity contribution in [1.82, 2.24) is 19.6 Å². The van der Waals surface area contributed by atoms with E-state index in [0.29, 0.717) is 6.04 Å². The van der Waals surface area contributed by atoms with E-state index in [1.54, 1.807) is 19.0 Å². The van der Waals surface area contributed by atoms with Gasteiger partial charge >= 0.3 is 0 Å². The van der Waals surface area contributed by atoms with Crippen molar-refractivity contribution in [3.8, 4) is 0 Å². The molecule has 1 aliphatic heterocycles. The maximum Gasteiger partial charge on any atom is 0.253 e. The van der Waals surface area contributed by atoms with Gasteiger partial charge in [-0.1, -0.05) is 12.1 Å². The topological polar surface area (TPSA) is 41.4 Å². The van der Waals surface area contributed by atoms with Crippen LogP contribution < -0.4 is 0 Å². The van der Waals surface area contributed by atoms with Crippen LogP contribution in [0.15, 0.2) is 42.7 Å². The Kier molecular flexibility index (Phi) is 3.75. The fourth-order valence-corrected chi connectivity index (χ4v) is 2.65. The molecule has 0 radical (unpaired) electrons. The first-order valence-electron chi connectivity index (χ1n) is 7.15. The molecule has 3 rings (SSSR count). The average molecular weight is 284 g/mol. The van der Waals surface area contributed by atoms with Crippen LogP contribution in [0.2, 0.25) is 0 Å². The van der Waals surface area contributed by atoms with Crippen molar-refractivity contribution >= 4 is 5.91 Å². The van der Waals surface area contributed by atoms with Gasteiger partial charge in [0, 0.05) is 51.7 Å². The molecule has 5 heteroatoms. The van der Waals surface area contributed by atoms with Gasteiger partial charge in [0.05, 0.1) is 6.04 Å². The normalized spacial score (nSPS) is 15.7. The fourth-order valence-electron chi connectivity index (χ4n) is 2.65. The Balaban J connectivity index is 1.59. The van der Waals surface area contributed by atoms with Crippen molar-refractivity contribution in [2.45, 2.75) is 12.6 Å². The summed E-state index contributed by atoms with van der Waals surface area (Å²) in [6.45, 7) is 2.90. The molecule has 0 bridgehead atoms. The molecular weight excluding hydrogens is 264 g/mol. The Labute approximate surface area is 124 Å². The maximum atomic E-state index is 12.0. The SMILES string of the molecule is CN(C)C(=O)c1cccc(CN2CC(n3cccn3)C2)c1. The van der Waals surface area contributed by atoms with Crippen molar-refractivity contribution in [3.63, 3.8) is 0 Å². The quantitative estimate of drug-likeness (QED) is 0.857. The largest absolute Gasteiger partial charge is 0.345 e. The second-order valence-electron chi connectivity index (χ2n) is 5.73. The van der Waals surface area contributed by atoms with Gasteiger partial charge in [0.25, 0.3) is 5.91 Å². The summed E-state index contributed by atoms with van der Waals surface area (Å²) in [5.74, 6) is 0.0508. The Hall–Kier alpha value is -2.14. The minimum Gasteiger partial charge on any atom is -0.345 e. The van der Waals surface area contributed by atoms with Gasteiger partial charge in [0.2, 0.25) is 0 Å². The lowest BCUT2D eigenvalue weighted by Gasteiger charge is -2.39. The van der Waals surface area contributed by atoms with Crippen LogP contribution in [0.4, 0.5) is 0 Å². The van der Waals surface area contributed by atoms with Crippen LogP contribution in [-0.4, -0.2) is 52.7 Å². The first-order valence-corrected chi connectivity index (χ1v) is 7.15. The summed E-state index contributed by atoms with van der Waals surface area (Å²) < 4.78 is 2.02. The van der Waals surface area contributed by atoms with Gasteiger partial charge in [-0.25, -0.2) is 0 Å². The molecule has 21 heavy (non-hydrogen) atoms. The standard InChI is InChI=1S/C16H20N4O/c1-18(2)16(21)14-6-3-5-13(9-14)10-19-11-15(12-19)20-8-4-7-17-20/h3-9,15H,10-12H2,1-2H3. The molecule has 1 fully saturated rings. The van der Waals surface area contributed by atoms with Crippen molar-refractivity contribution in [3.05, 3.63) is 53.9 Å². The molecule has 1 saturated heterocycles. The second-order valence-corrected chi connectivity index (χ2v) is 5.73. The lowest BCUT2D eigenvalue weighted by atomic mass is 10.1. The third-order valence-corrected chi connectivity index (χ3v) is 3.82. The lowest BCUT2D eigenvalue weighted by Crippen LogP contribution is -2.47. The zero-order valence-electron chi connectivity index (χ0n) is 12.4. The third kappa shape index (κ3) is 2.97. The molecular formula is C16H20N4O. The molecule has 110 valence electrons. The van der Waals surface area contributed by atoms with Gasteiger partial charge in [-0.05, 0) is 23.8 Å². The van der Waals surface area contributed by atoms with Gasteiger partial charge < -0.3 is 4.90 Å². The van der Waals surface area contributed by atoms with Gasteiger partial charge in [-0.15, -0.1) is 0 Å². The van der Waals surface area contributed by atoms with E-state index in [-0.39, 0.29) is 5.91 Å². The zero-order chi connectivity index (χ0) is 14.8. The highest BCUT2D eigenvalue weighted by atomic mass is 16.2. The number of carbonyl (C=O) groups is 1. The zero-order valence-corrected chi connectivity index (χ0v) is 12.4. The maximum absolute atomic E-state index is 12.0. The number of hydrogen-bond donors (Lipinski definition) is 0. The predicted octanol–water partition coefficient (Wildman–Crippen LogP) is 1.64. The molecule has 1 aromatic carbocycles. The molecule has 1 aliphatic rings. The average Bonchev–Trinajstić information content (AvgIpc) is 2.95. The number of likely N-dealkylation sites (tertiary alicyclic amines) is 1. The summed E-state index contributed by atoms with van der Waals surface area (Å²) >= 11 is 0. The highest BCUT2D eigenvalue weighted by Gasteiger charge is 2.28. The molecule has 0 unspecified atom stereocenters. The van der Waals surface area contributed by atoms with E-state index in [1.807, 2.05) is 41.3 Å². The van der Waals surface area contributed by atoms with E-state index in [2.05, 4.69) is 16.1 Å². The van der Waals surface area contributed by atoms with Gasteiger partial charge in [-0.3, -0.25) is 14.4 Å². The van der Waals surface area contributed by atoms with Crippen molar-refractivity contribution in [2.75, 3.05) is 27.2 Å². The Bertz CT molecular complexity index is 615. The Morgan fingerprint density at radius 1 is 1.33 bits per heavy atom. The number of nitrogens with zero attached hydrogens (tertiary/aromatic N) is 4. The smallest absolute Gasteiger partial charge is 0.253 e. The van der Waals surface area contributed by atoms with E-state index >= 15 is 0 Å². The summed E-state index contributed by atoms with van der Waals surface area (Å²) in [6.07, 6.45) is 3.83. The highest BCUT2D eigenvalue weighted by Crippen LogP contribution is 2.22. The van der Waals surface area contributed by atoms with Gasteiger partial charge in [0.1, 0.15) is 0 Å². The first kappa shape index (κ1) is 13.8. The molecule has 0 aliphatic carbocycles. The highest BCUT2D eigenvalue weighted by molar-refractivity contribution is 5.94. The van der Waals surface area contributed by atoms with Crippen LogP contribution in [0.5, 0.6) is 0 Å². The lowest BCUT2D eigenvalue weighted by molar-refractivity contribution is 0.0825. The summed E-state index contributed by atoms with van der Waals surface area (Å²) in [4.78, 5) is 15.9. The first-order chi connectivity index (χ1) is 10.1. The van der Waals surface area contributed by atoms with E-state index in [4.69, 9.17) is 0 Å². The molecule has 5 nitrogen and oxygen atoms in total. The molecule has 2 aromatic rings. The fraction of sp³-hybridized carbons (Fsp3) is 0.375. The number of hydrogen-bond acceptors (Lipinski definition) is 3. The summed E-state index contributed by atoms with van der Waals surface area (Å²) in [5, 5.41) is 4.28. The molecule has 0 spiro atoms. The van der Waals surface area contributed by atoms with Gasteiger partial charge in [0.15, 0.2) is 0 Å². The molecule has 1 amide bonds. The number of carbonyl (C=O) groups excluding carboxylic acids is 1. The van der Waals surface area contributed by atoms with Crippen molar-refractivity contribution in [2.24, 2.45) is 0 Å². The second kappa shape index (κ2) is 5.69. The van der Waals surface area contributed by atoms with Crippen LogP contribution in [0.3, 0.4) is 0 Å². The Morgan fingerprint density at radius 3 is 2.81 bits per heavy atom. The van der Waals surface area contributed by atoms with Crippen LogP contribution >= 0.6 is 0 Å².